The number of unbranched alkanes of at least 4 members (excludes halogenated alkanes) is 6. The Morgan fingerprint density at radius 2 is 1.06 bits per heavy atom. The Kier molecular flexibility index (Phi) is 12.9. The van der Waals surface area contributed by atoms with Crippen LogP contribution in [0.25, 0.3) is 0 Å². The second-order valence-electron chi connectivity index (χ2n) is 5.17. The normalized spacial score (nSPS) is 12.9. The molecule has 0 bridgehead atoms. The van der Waals surface area contributed by atoms with Gasteiger partial charge in [-0.15, -0.1) is 0 Å². The number of hydrogen-bond donors (Lipinski definition) is 0. The molecule has 0 aliphatic heterocycles. The highest BCUT2D eigenvalue weighted by Gasteiger charge is 2.17. The first kappa shape index (κ1) is 18.1. The Labute approximate surface area is 124 Å². The third-order valence-electron chi connectivity index (χ3n) is 3.25. The van der Waals surface area contributed by atoms with Gasteiger partial charge in [0, 0.05) is 0 Å². The molecule has 0 aliphatic rings. The van der Waals surface area contributed by atoms with Crippen LogP contribution < -0.4 is 0 Å². The fraction of sp³-hybridized carbons (Fsp3) is 1.00. The molecule has 17 heavy (non-hydrogen) atoms. The van der Waals surface area contributed by atoms with Crippen molar-refractivity contribution in [2.24, 2.45) is 0 Å². The molecule has 0 unspecified atom stereocenters. The summed E-state index contributed by atoms with van der Waals surface area (Å²) in [5, 5.41) is 0. The van der Waals surface area contributed by atoms with Crippen LogP contribution in [0.3, 0.4) is 0 Å². The van der Waals surface area contributed by atoms with Gasteiger partial charge in [0.2, 0.25) is 0 Å². The van der Waals surface area contributed by atoms with Gasteiger partial charge in [-0.2, -0.15) is 7.20 Å². The minimum Gasteiger partial charge on any atom is -0.187 e. The van der Waals surface area contributed by atoms with Gasteiger partial charge in [-0.25, -0.2) is 0 Å². The standard InChI is InChI=1S/C15H33IS/c1-4-7-8-9-10-11-12-15-17(16,13-5-2)14-6-3/h4-15H2,1-3H3. The Morgan fingerprint density at radius 3 is 1.53 bits per heavy atom. The highest BCUT2D eigenvalue weighted by molar-refractivity contribution is 14.2. The molecule has 0 fully saturated rings. The van der Waals surface area contributed by atoms with Crippen molar-refractivity contribution >= 4 is 28.4 Å². The average molecular weight is 372 g/mol. The van der Waals surface area contributed by atoms with Gasteiger partial charge in [0.25, 0.3) is 0 Å². The maximum atomic E-state index is 2.83. The molecule has 0 atom stereocenters. The highest BCUT2D eigenvalue weighted by atomic mass is 127. The smallest absolute Gasteiger partial charge is 0.0144 e. The summed E-state index contributed by atoms with van der Waals surface area (Å²) in [7, 11) is -0.267. The molecule has 0 N–H and O–H groups in total. The molecule has 0 amide bonds. The molecule has 0 aromatic carbocycles. The third-order valence-corrected chi connectivity index (χ3v) is 10.5. The van der Waals surface area contributed by atoms with E-state index in [1.807, 2.05) is 0 Å². The van der Waals surface area contributed by atoms with E-state index in [1.165, 1.54) is 75.0 Å². The van der Waals surface area contributed by atoms with Crippen molar-refractivity contribution in [1.82, 2.24) is 0 Å². The van der Waals surface area contributed by atoms with Crippen LogP contribution in [0.2, 0.25) is 0 Å². The lowest BCUT2D eigenvalue weighted by Crippen LogP contribution is -2.06. The van der Waals surface area contributed by atoms with E-state index in [0.717, 1.165) is 0 Å². The van der Waals surface area contributed by atoms with E-state index in [9.17, 15) is 0 Å². The van der Waals surface area contributed by atoms with Crippen molar-refractivity contribution in [1.29, 1.82) is 0 Å². The summed E-state index contributed by atoms with van der Waals surface area (Å²) in [4.78, 5) is 0. The predicted octanol–water partition coefficient (Wildman–Crippen LogP) is 6.71. The molecule has 0 nitrogen and oxygen atoms in total. The molecule has 0 rings (SSSR count). The van der Waals surface area contributed by atoms with Gasteiger partial charge < -0.3 is 0 Å². The Balaban J connectivity index is 3.54. The van der Waals surface area contributed by atoms with Crippen molar-refractivity contribution in [2.45, 2.75) is 78.6 Å². The minimum absolute atomic E-state index is 0.267. The molecule has 0 saturated heterocycles. The van der Waals surface area contributed by atoms with Crippen molar-refractivity contribution in [3.63, 3.8) is 0 Å². The Hall–Kier alpha value is 1.08. The van der Waals surface area contributed by atoms with Crippen LogP contribution in [0.5, 0.6) is 0 Å². The summed E-state index contributed by atoms with van der Waals surface area (Å²) in [6.07, 6.45) is 13.0. The number of hydrogen-bond acceptors (Lipinski definition) is 0. The molecule has 0 spiro atoms. The van der Waals surface area contributed by atoms with Gasteiger partial charge in [0.15, 0.2) is 0 Å². The number of rotatable bonds is 12. The quantitative estimate of drug-likeness (QED) is 0.264. The second-order valence-corrected chi connectivity index (χ2v) is 13.9. The van der Waals surface area contributed by atoms with Crippen LogP contribution in [0, 0.1) is 0 Å². The SMILES string of the molecule is CCCCCCCCCS(I)(CCC)CCC. The summed E-state index contributed by atoms with van der Waals surface area (Å²) >= 11 is 2.83. The predicted molar refractivity (Wildman–Crippen MR) is 94.8 cm³/mol. The van der Waals surface area contributed by atoms with E-state index < -0.39 is 0 Å². The summed E-state index contributed by atoms with van der Waals surface area (Å²) < 4.78 is 0. The maximum Gasteiger partial charge on any atom is -0.0144 e. The summed E-state index contributed by atoms with van der Waals surface area (Å²) in [6, 6.07) is 0. The molecule has 0 radical (unpaired) electrons. The average Bonchev–Trinajstić information content (AvgIpc) is 2.28. The van der Waals surface area contributed by atoms with Crippen molar-refractivity contribution < 1.29 is 0 Å². The molecule has 0 aliphatic carbocycles. The minimum atomic E-state index is -0.267. The van der Waals surface area contributed by atoms with Gasteiger partial charge in [-0.05, 0) is 57.7 Å². The zero-order valence-electron chi connectivity index (χ0n) is 12.3. The van der Waals surface area contributed by atoms with Crippen molar-refractivity contribution in [3.05, 3.63) is 0 Å². The summed E-state index contributed by atoms with van der Waals surface area (Å²) in [5.74, 6) is 4.53. The van der Waals surface area contributed by atoms with Crippen LogP contribution in [0.4, 0.5) is 0 Å². The molecule has 0 heterocycles. The molecular weight excluding hydrogens is 339 g/mol. The van der Waals surface area contributed by atoms with E-state index in [4.69, 9.17) is 0 Å². The zero-order valence-corrected chi connectivity index (χ0v) is 15.2. The van der Waals surface area contributed by atoms with Gasteiger partial charge in [-0.1, -0.05) is 59.3 Å². The van der Waals surface area contributed by atoms with Gasteiger partial charge in [0.1, 0.15) is 0 Å². The number of halogens is 1. The van der Waals surface area contributed by atoms with Gasteiger partial charge in [-0.3, -0.25) is 0 Å². The molecule has 0 saturated carbocycles. The first-order valence-corrected chi connectivity index (χ1v) is 12.3. The monoisotopic (exact) mass is 372 g/mol. The summed E-state index contributed by atoms with van der Waals surface area (Å²) in [5.41, 5.74) is 0. The van der Waals surface area contributed by atoms with Crippen molar-refractivity contribution in [3.8, 4) is 0 Å². The third kappa shape index (κ3) is 10.7. The van der Waals surface area contributed by atoms with Crippen LogP contribution in [0.1, 0.15) is 78.6 Å². The van der Waals surface area contributed by atoms with Gasteiger partial charge >= 0.3 is 0 Å². The fourth-order valence-electron chi connectivity index (χ4n) is 2.36. The lowest BCUT2D eigenvalue weighted by Gasteiger charge is -2.33. The topological polar surface area (TPSA) is 0 Å². The lowest BCUT2D eigenvalue weighted by molar-refractivity contribution is 0.603. The van der Waals surface area contributed by atoms with Crippen LogP contribution in [-0.4, -0.2) is 17.3 Å². The van der Waals surface area contributed by atoms with Crippen LogP contribution in [-0.2, 0) is 0 Å². The Morgan fingerprint density at radius 1 is 0.588 bits per heavy atom. The van der Waals surface area contributed by atoms with E-state index in [1.54, 1.807) is 0 Å². The molecular formula is C15H33IS. The van der Waals surface area contributed by atoms with E-state index in [-0.39, 0.29) is 7.20 Å². The van der Waals surface area contributed by atoms with E-state index in [2.05, 4.69) is 42.0 Å². The Bertz CT molecular complexity index is 153. The second kappa shape index (κ2) is 12.1. The highest BCUT2D eigenvalue weighted by Crippen LogP contribution is 2.57. The lowest BCUT2D eigenvalue weighted by atomic mass is 10.1. The van der Waals surface area contributed by atoms with Crippen molar-refractivity contribution in [2.75, 3.05) is 17.3 Å². The first-order valence-electron chi connectivity index (χ1n) is 7.64. The van der Waals surface area contributed by atoms with E-state index in [0.29, 0.717) is 0 Å². The molecule has 2 heteroatoms. The first-order chi connectivity index (χ1) is 8.18. The van der Waals surface area contributed by atoms with E-state index >= 15 is 0 Å². The maximum absolute atomic E-state index is 2.83. The molecule has 0 aromatic heterocycles. The fourth-order valence-corrected chi connectivity index (χ4v) is 8.73. The molecule has 106 valence electrons. The van der Waals surface area contributed by atoms with Gasteiger partial charge in [0.05, 0.1) is 0 Å². The van der Waals surface area contributed by atoms with Crippen LogP contribution in [0.15, 0.2) is 0 Å². The summed E-state index contributed by atoms with van der Waals surface area (Å²) in [6.45, 7) is 6.99. The molecule has 0 aromatic rings. The van der Waals surface area contributed by atoms with Crippen LogP contribution >= 0.6 is 28.4 Å². The zero-order chi connectivity index (χ0) is 13.0. The largest absolute Gasteiger partial charge is 0.187 e.